The van der Waals surface area contributed by atoms with Gasteiger partial charge in [-0.2, -0.15) is 0 Å². The lowest BCUT2D eigenvalue weighted by Gasteiger charge is -2.27. The first-order chi connectivity index (χ1) is 9.74. The molecule has 0 aliphatic heterocycles. The van der Waals surface area contributed by atoms with Crippen LogP contribution in [0.5, 0.6) is 5.75 Å². The zero-order valence-electron chi connectivity index (χ0n) is 12.3. The maximum absolute atomic E-state index is 5.24. The monoisotopic (exact) mass is 271 g/mol. The van der Waals surface area contributed by atoms with Crippen molar-refractivity contribution in [3.63, 3.8) is 0 Å². The first kappa shape index (κ1) is 14.5. The third-order valence-electron chi connectivity index (χ3n) is 3.44. The molecule has 1 atom stereocenters. The summed E-state index contributed by atoms with van der Waals surface area (Å²) in [7, 11) is 3.80. The van der Waals surface area contributed by atoms with Crippen LogP contribution in [-0.4, -0.2) is 29.0 Å². The average molecular weight is 271 g/mol. The van der Waals surface area contributed by atoms with Gasteiger partial charge in [-0.1, -0.05) is 6.92 Å². The Morgan fingerprint density at radius 1 is 1.20 bits per heavy atom. The van der Waals surface area contributed by atoms with Gasteiger partial charge in [-0.15, -0.1) is 0 Å². The van der Waals surface area contributed by atoms with Crippen molar-refractivity contribution in [1.82, 2.24) is 14.9 Å². The van der Waals surface area contributed by atoms with Crippen LogP contribution in [0, 0.1) is 0 Å². The summed E-state index contributed by atoms with van der Waals surface area (Å²) in [6, 6.07) is 8.36. The molecule has 4 heteroatoms. The third-order valence-corrected chi connectivity index (χ3v) is 3.44. The minimum absolute atomic E-state index is 0.367. The molecule has 0 unspecified atom stereocenters. The molecule has 0 fully saturated rings. The molecule has 0 amide bonds. The fourth-order valence-corrected chi connectivity index (χ4v) is 2.42. The van der Waals surface area contributed by atoms with Crippen LogP contribution in [0.3, 0.4) is 0 Å². The number of methoxy groups -OCH3 is 1. The fourth-order valence-electron chi connectivity index (χ4n) is 2.42. The summed E-state index contributed by atoms with van der Waals surface area (Å²) >= 11 is 0. The molecule has 2 heterocycles. The van der Waals surface area contributed by atoms with Crippen LogP contribution >= 0.6 is 0 Å². The van der Waals surface area contributed by atoms with Crippen LogP contribution in [0.15, 0.2) is 42.9 Å². The maximum atomic E-state index is 5.24. The normalized spacial score (nSPS) is 12.4. The van der Waals surface area contributed by atoms with Crippen LogP contribution in [0.1, 0.15) is 30.6 Å². The van der Waals surface area contributed by atoms with Gasteiger partial charge >= 0.3 is 0 Å². The van der Waals surface area contributed by atoms with E-state index in [0.717, 1.165) is 24.4 Å². The Morgan fingerprint density at radius 2 is 1.95 bits per heavy atom. The lowest BCUT2D eigenvalue weighted by Crippen LogP contribution is -2.24. The fraction of sp³-hybridized carbons (Fsp3) is 0.375. The van der Waals surface area contributed by atoms with Gasteiger partial charge in [0.15, 0.2) is 0 Å². The molecule has 0 spiro atoms. The largest absolute Gasteiger partial charge is 0.497 e. The highest BCUT2D eigenvalue weighted by Crippen LogP contribution is 2.24. The highest BCUT2D eigenvalue weighted by molar-refractivity contribution is 5.23. The summed E-state index contributed by atoms with van der Waals surface area (Å²) in [5.41, 5.74) is 2.30. The second-order valence-electron chi connectivity index (χ2n) is 4.81. The molecule has 2 aromatic rings. The highest BCUT2D eigenvalue weighted by Gasteiger charge is 2.15. The van der Waals surface area contributed by atoms with Crippen molar-refractivity contribution < 1.29 is 4.74 Å². The molecule has 0 radical (unpaired) electrons. The molecule has 0 N–H and O–H groups in total. The molecular formula is C16H21N3O. The van der Waals surface area contributed by atoms with Crippen LogP contribution in [-0.2, 0) is 6.54 Å². The zero-order chi connectivity index (χ0) is 14.4. The Balaban J connectivity index is 2.11. The molecule has 0 saturated heterocycles. The first-order valence-electron chi connectivity index (χ1n) is 6.83. The molecule has 0 aliphatic rings. The summed E-state index contributed by atoms with van der Waals surface area (Å²) in [5.74, 6) is 0.848. The van der Waals surface area contributed by atoms with Gasteiger partial charge in [-0.3, -0.25) is 14.9 Å². The summed E-state index contributed by atoms with van der Waals surface area (Å²) < 4.78 is 5.24. The molecule has 0 aromatic carbocycles. The molecule has 0 aliphatic carbocycles. The summed E-state index contributed by atoms with van der Waals surface area (Å²) in [4.78, 5) is 10.8. The lowest BCUT2D eigenvalue weighted by atomic mass is 10.0. The standard InChI is InChI=1S/C16H21N3O/c1-4-16(13-5-8-17-9-6-13)19(2)12-14-11-15(20-3)7-10-18-14/h5-11,16H,4,12H2,1-3H3/t16-/m0/s1. The van der Waals surface area contributed by atoms with Crippen molar-refractivity contribution in [2.75, 3.05) is 14.2 Å². The molecule has 4 nitrogen and oxygen atoms in total. The lowest BCUT2D eigenvalue weighted by molar-refractivity contribution is 0.227. The van der Waals surface area contributed by atoms with E-state index < -0.39 is 0 Å². The number of ether oxygens (including phenoxy) is 1. The van der Waals surface area contributed by atoms with Crippen molar-refractivity contribution >= 4 is 0 Å². The zero-order valence-corrected chi connectivity index (χ0v) is 12.3. The van der Waals surface area contributed by atoms with E-state index in [1.54, 1.807) is 13.3 Å². The van der Waals surface area contributed by atoms with E-state index in [0.29, 0.717) is 6.04 Å². The Hall–Kier alpha value is -1.94. The Bertz CT molecular complexity index is 530. The molecule has 20 heavy (non-hydrogen) atoms. The molecule has 106 valence electrons. The Labute approximate surface area is 120 Å². The second-order valence-corrected chi connectivity index (χ2v) is 4.81. The van der Waals surface area contributed by atoms with E-state index in [1.807, 2.05) is 24.5 Å². The van der Waals surface area contributed by atoms with Gasteiger partial charge < -0.3 is 4.74 Å². The van der Waals surface area contributed by atoms with Crippen molar-refractivity contribution in [2.45, 2.75) is 25.9 Å². The van der Waals surface area contributed by atoms with Crippen LogP contribution in [0.2, 0.25) is 0 Å². The van der Waals surface area contributed by atoms with Gasteiger partial charge in [0.1, 0.15) is 5.75 Å². The number of nitrogens with zero attached hydrogens (tertiary/aromatic N) is 3. The number of pyridine rings is 2. The minimum Gasteiger partial charge on any atom is -0.497 e. The van der Waals surface area contributed by atoms with E-state index in [1.165, 1.54) is 5.56 Å². The van der Waals surface area contributed by atoms with E-state index in [9.17, 15) is 0 Å². The predicted molar refractivity (Wildman–Crippen MR) is 79.5 cm³/mol. The quantitative estimate of drug-likeness (QED) is 0.809. The first-order valence-corrected chi connectivity index (χ1v) is 6.83. The average Bonchev–Trinajstić information content (AvgIpc) is 2.49. The van der Waals surface area contributed by atoms with E-state index in [4.69, 9.17) is 4.74 Å². The Kier molecular flexibility index (Phi) is 5.07. The van der Waals surface area contributed by atoms with Crippen LogP contribution in [0.25, 0.3) is 0 Å². The van der Waals surface area contributed by atoms with Crippen LogP contribution < -0.4 is 4.74 Å². The maximum Gasteiger partial charge on any atom is 0.122 e. The number of rotatable bonds is 6. The topological polar surface area (TPSA) is 38.2 Å². The highest BCUT2D eigenvalue weighted by atomic mass is 16.5. The third kappa shape index (κ3) is 3.54. The summed E-state index contributed by atoms with van der Waals surface area (Å²) in [6.07, 6.45) is 6.52. The van der Waals surface area contributed by atoms with Gasteiger partial charge in [-0.05, 0) is 37.2 Å². The Morgan fingerprint density at radius 3 is 2.60 bits per heavy atom. The van der Waals surface area contributed by atoms with Crippen molar-refractivity contribution in [3.8, 4) is 5.75 Å². The summed E-state index contributed by atoms with van der Waals surface area (Å²) in [5, 5.41) is 0. The molecule has 2 rings (SSSR count). The van der Waals surface area contributed by atoms with E-state index in [-0.39, 0.29) is 0 Å². The van der Waals surface area contributed by atoms with E-state index >= 15 is 0 Å². The van der Waals surface area contributed by atoms with E-state index in [2.05, 4.69) is 41.0 Å². The van der Waals surface area contributed by atoms with Crippen LogP contribution in [0.4, 0.5) is 0 Å². The van der Waals surface area contributed by atoms with Gasteiger partial charge in [0.05, 0.1) is 12.8 Å². The predicted octanol–water partition coefficient (Wildman–Crippen LogP) is 3.07. The van der Waals surface area contributed by atoms with Crippen molar-refractivity contribution in [3.05, 3.63) is 54.1 Å². The number of hydrogen-bond acceptors (Lipinski definition) is 4. The smallest absolute Gasteiger partial charge is 0.122 e. The molecule has 0 bridgehead atoms. The number of aromatic nitrogens is 2. The molecular weight excluding hydrogens is 250 g/mol. The molecule has 0 saturated carbocycles. The van der Waals surface area contributed by atoms with Crippen molar-refractivity contribution in [1.29, 1.82) is 0 Å². The van der Waals surface area contributed by atoms with Crippen molar-refractivity contribution in [2.24, 2.45) is 0 Å². The second kappa shape index (κ2) is 7.01. The van der Waals surface area contributed by atoms with Gasteiger partial charge in [0.2, 0.25) is 0 Å². The SMILES string of the molecule is CC[C@@H](c1ccncc1)N(C)Cc1cc(OC)ccn1. The van der Waals surface area contributed by atoms with Gasteiger partial charge in [-0.25, -0.2) is 0 Å². The number of hydrogen-bond donors (Lipinski definition) is 0. The summed E-state index contributed by atoms with van der Waals surface area (Å²) in [6.45, 7) is 2.98. The minimum atomic E-state index is 0.367. The van der Waals surface area contributed by atoms with Gasteiger partial charge in [0, 0.05) is 37.2 Å². The molecule has 2 aromatic heterocycles. The van der Waals surface area contributed by atoms with Gasteiger partial charge in [0.25, 0.3) is 0 Å².